The Kier molecular flexibility index (Phi) is 4.20. The minimum Gasteiger partial charge on any atom is -0.462 e. The molecule has 0 saturated carbocycles. The van der Waals surface area contributed by atoms with Gasteiger partial charge in [-0.05, 0) is 42.2 Å². The maximum absolute atomic E-state index is 11.9. The summed E-state index contributed by atoms with van der Waals surface area (Å²) in [6.07, 6.45) is 0.901. The standard InChI is InChI=1S/C17H20O2/c1-12(2)8-9-19-17(18)16-7-6-14-10-13(3)4-5-15(14)11-16/h4-7,10-12H,8-9H2,1-3H3. The van der Waals surface area contributed by atoms with Gasteiger partial charge in [-0.2, -0.15) is 0 Å². The zero-order chi connectivity index (χ0) is 13.8. The SMILES string of the molecule is Cc1ccc2cc(C(=O)OCCC(C)C)ccc2c1. The van der Waals surface area contributed by atoms with Crippen LogP contribution in [0.1, 0.15) is 36.2 Å². The molecule has 0 radical (unpaired) electrons. The van der Waals surface area contributed by atoms with E-state index in [1.807, 2.05) is 24.3 Å². The fourth-order valence-corrected chi connectivity index (χ4v) is 1.96. The van der Waals surface area contributed by atoms with Crippen LogP contribution in [-0.4, -0.2) is 12.6 Å². The van der Waals surface area contributed by atoms with Gasteiger partial charge in [-0.1, -0.05) is 43.7 Å². The molecule has 0 aliphatic heterocycles. The molecule has 0 aliphatic rings. The molecule has 2 nitrogen and oxygen atoms in total. The molecule has 0 spiro atoms. The lowest BCUT2D eigenvalue weighted by atomic mass is 10.0. The number of hydrogen-bond acceptors (Lipinski definition) is 2. The zero-order valence-corrected chi connectivity index (χ0v) is 11.8. The highest BCUT2D eigenvalue weighted by Crippen LogP contribution is 2.18. The number of aryl methyl sites for hydroxylation is 1. The maximum Gasteiger partial charge on any atom is 0.338 e. The van der Waals surface area contributed by atoms with Crippen LogP contribution < -0.4 is 0 Å². The molecule has 100 valence electrons. The molecule has 2 aromatic rings. The molecule has 0 aliphatic carbocycles. The van der Waals surface area contributed by atoms with E-state index in [1.165, 1.54) is 5.56 Å². The normalized spacial score (nSPS) is 10.9. The third-order valence-electron chi connectivity index (χ3n) is 3.16. The summed E-state index contributed by atoms with van der Waals surface area (Å²) in [5.74, 6) is 0.315. The maximum atomic E-state index is 11.9. The first-order valence-electron chi connectivity index (χ1n) is 6.74. The summed E-state index contributed by atoms with van der Waals surface area (Å²) in [6.45, 7) is 6.79. The highest BCUT2D eigenvalue weighted by molar-refractivity contribution is 5.95. The van der Waals surface area contributed by atoms with Gasteiger partial charge in [0, 0.05) is 0 Å². The lowest BCUT2D eigenvalue weighted by Gasteiger charge is -2.07. The second kappa shape index (κ2) is 5.87. The van der Waals surface area contributed by atoms with Crippen LogP contribution in [0.15, 0.2) is 36.4 Å². The molecule has 0 heterocycles. The summed E-state index contributed by atoms with van der Waals surface area (Å²) < 4.78 is 5.27. The molecule has 0 fully saturated rings. The van der Waals surface area contributed by atoms with E-state index in [2.05, 4.69) is 32.9 Å². The summed E-state index contributed by atoms with van der Waals surface area (Å²) in [6, 6.07) is 11.9. The molecule has 2 rings (SSSR count). The fraction of sp³-hybridized carbons (Fsp3) is 0.353. The largest absolute Gasteiger partial charge is 0.462 e. The van der Waals surface area contributed by atoms with E-state index in [0.29, 0.717) is 18.1 Å². The van der Waals surface area contributed by atoms with Gasteiger partial charge in [0.25, 0.3) is 0 Å². The van der Waals surface area contributed by atoms with Crippen molar-refractivity contribution in [2.24, 2.45) is 5.92 Å². The van der Waals surface area contributed by atoms with Crippen molar-refractivity contribution >= 4 is 16.7 Å². The molecule has 0 aromatic heterocycles. The molecule has 0 amide bonds. The van der Waals surface area contributed by atoms with Crippen molar-refractivity contribution in [1.29, 1.82) is 0 Å². The molecule has 0 saturated heterocycles. The van der Waals surface area contributed by atoms with E-state index < -0.39 is 0 Å². The third-order valence-corrected chi connectivity index (χ3v) is 3.16. The predicted octanol–water partition coefficient (Wildman–Crippen LogP) is 4.35. The van der Waals surface area contributed by atoms with Gasteiger partial charge in [-0.25, -0.2) is 4.79 Å². The van der Waals surface area contributed by atoms with Crippen LogP contribution in [0.5, 0.6) is 0 Å². The first kappa shape index (κ1) is 13.6. The number of esters is 1. The average molecular weight is 256 g/mol. The highest BCUT2D eigenvalue weighted by Gasteiger charge is 2.08. The molecule has 0 unspecified atom stereocenters. The number of carbonyl (C=O) groups excluding carboxylic acids is 1. The Hall–Kier alpha value is -1.83. The first-order valence-corrected chi connectivity index (χ1v) is 6.74. The highest BCUT2D eigenvalue weighted by atomic mass is 16.5. The van der Waals surface area contributed by atoms with Gasteiger partial charge in [0.1, 0.15) is 0 Å². The Labute approximate surface area is 114 Å². The quantitative estimate of drug-likeness (QED) is 0.760. The summed E-state index contributed by atoms with van der Waals surface area (Å²) >= 11 is 0. The summed E-state index contributed by atoms with van der Waals surface area (Å²) in [5.41, 5.74) is 1.85. The number of hydrogen-bond donors (Lipinski definition) is 0. The van der Waals surface area contributed by atoms with E-state index in [1.54, 1.807) is 0 Å². The van der Waals surface area contributed by atoms with Crippen LogP contribution in [-0.2, 0) is 4.74 Å². The van der Waals surface area contributed by atoms with E-state index >= 15 is 0 Å². The van der Waals surface area contributed by atoms with E-state index in [0.717, 1.165) is 17.2 Å². The lowest BCUT2D eigenvalue weighted by molar-refractivity contribution is 0.0488. The van der Waals surface area contributed by atoms with Gasteiger partial charge in [0.2, 0.25) is 0 Å². The van der Waals surface area contributed by atoms with Gasteiger partial charge < -0.3 is 4.74 Å². The van der Waals surface area contributed by atoms with E-state index in [-0.39, 0.29) is 5.97 Å². The number of fused-ring (bicyclic) bond motifs is 1. The topological polar surface area (TPSA) is 26.3 Å². The van der Waals surface area contributed by atoms with Crippen molar-refractivity contribution in [1.82, 2.24) is 0 Å². The molecule has 19 heavy (non-hydrogen) atoms. The second-order valence-corrected chi connectivity index (χ2v) is 5.38. The fourth-order valence-electron chi connectivity index (χ4n) is 1.96. The summed E-state index contributed by atoms with van der Waals surface area (Å²) in [4.78, 5) is 11.9. The molecule has 0 bridgehead atoms. The number of ether oxygens (including phenoxy) is 1. The Balaban J connectivity index is 2.12. The molecule has 0 atom stereocenters. The van der Waals surface area contributed by atoms with Crippen molar-refractivity contribution in [3.05, 3.63) is 47.5 Å². The Morgan fingerprint density at radius 2 is 1.79 bits per heavy atom. The lowest BCUT2D eigenvalue weighted by Crippen LogP contribution is -2.08. The van der Waals surface area contributed by atoms with Crippen LogP contribution in [0.2, 0.25) is 0 Å². The van der Waals surface area contributed by atoms with Crippen molar-refractivity contribution in [2.75, 3.05) is 6.61 Å². The smallest absolute Gasteiger partial charge is 0.338 e. The van der Waals surface area contributed by atoms with Gasteiger partial charge in [0.05, 0.1) is 12.2 Å². The van der Waals surface area contributed by atoms with Gasteiger partial charge in [0.15, 0.2) is 0 Å². The monoisotopic (exact) mass is 256 g/mol. The van der Waals surface area contributed by atoms with Crippen LogP contribution in [0.3, 0.4) is 0 Å². The second-order valence-electron chi connectivity index (χ2n) is 5.38. The zero-order valence-electron chi connectivity index (χ0n) is 11.8. The van der Waals surface area contributed by atoms with Gasteiger partial charge in [-0.15, -0.1) is 0 Å². The van der Waals surface area contributed by atoms with Gasteiger partial charge in [-0.3, -0.25) is 0 Å². The van der Waals surface area contributed by atoms with Crippen LogP contribution in [0.4, 0.5) is 0 Å². The predicted molar refractivity (Wildman–Crippen MR) is 78.4 cm³/mol. The van der Waals surface area contributed by atoms with Crippen molar-refractivity contribution in [3.8, 4) is 0 Å². The van der Waals surface area contributed by atoms with E-state index in [9.17, 15) is 4.79 Å². The molecular formula is C17H20O2. The molecule has 2 aromatic carbocycles. The first-order chi connectivity index (χ1) is 9.06. The van der Waals surface area contributed by atoms with Crippen molar-refractivity contribution in [3.63, 3.8) is 0 Å². The Morgan fingerprint density at radius 1 is 1.11 bits per heavy atom. The van der Waals surface area contributed by atoms with E-state index in [4.69, 9.17) is 4.74 Å². The van der Waals surface area contributed by atoms with Crippen LogP contribution in [0.25, 0.3) is 10.8 Å². The molecular weight excluding hydrogens is 236 g/mol. The Bertz CT molecular complexity index is 585. The average Bonchev–Trinajstić information content (AvgIpc) is 2.37. The van der Waals surface area contributed by atoms with Crippen LogP contribution in [0, 0.1) is 12.8 Å². The summed E-state index contributed by atoms with van der Waals surface area (Å²) in [7, 11) is 0. The molecule has 2 heteroatoms. The number of benzene rings is 2. The Morgan fingerprint density at radius 3 is 2.53 bits per heavy atom. The minimum absolute atomic E-state index is 0.233. The third kappa shape index (κ3) is 3.57. The molecule has 0 N–H and O–H groups in total. The summed E-state index contributed by atoms with van der Waals surface area (Å²) in [5, 5.41) is 2.22. The minimum atomic E-state index is -0.233. The van der Waals surface area contributed by atoms with Crippen molar-refractivity contribution < 1.29 is 9.53 Å². The van der Waals surface area contributed by atoms with Crippen LogP contribution >= 0.6 is 0 Å². The van der Waals surface area contributed by atoms with Crippen molar-refractivity contribution in [2.45, 2.75) is 27.2 Å². The number of carbonyl (C=O) groups is 1. The van der Waals surface area contributed by atoms with Gasteiger partial charge >= 0.3 is 5.97 Å². The number of rotatable bonds is 4.